The molecule has 23 heavy (non-hydrogen) atoms. The van der Waals surface area contributed by atoms with Gasteiger partial charge in [-0.1, -0.05) is 37.3 Å². The third kappa shape index (κ3) is 2.90. The molecule has 1 atom stereocenters. The van der Waals surface area contributed by atoms with Crippen molar-refractivity contribution in [2.45, 2.75) is 26.3 Å². The van der Waals surface area contributed by atoms with Crippen LogP contribution < -0.4 is 10.9 Å². The minimum absolute atomic E-state index is 0.0679. The molecule has 0 saturated carbocycles. The summed E-state index contributed by atoms with van der Waals surface area (Å²) in [5.41, 5.74) is 1.61. The average Bonchev–Trinajstić information content (AvgIpc) is 3.00. The highest BCUT2D eigenvalue weighted by atomic mass is 32.1. The van der Waals surface area contributed by atoms with Crippen LogP contribution in [0.2, 0.25) is 0 Å². The molecule has 0 fully saturated rings. The lowest BCUT2D eigenvalue weighted by Crippen LogP contribution is -2.33. The smallest absolute Gasteiger partial charge is 0.271 e. The van der Waals surface area contributed by atoms with Crippen LogP contribution in [-0.4, -0.2) is 15.3 Å². The molecule has 3 rings (SSSR count). The number of benzene rings is 1. The van der Waals surface area contributed by atoms with Gasteiger partial charge in [-0.05, 0) is 18.9 Å². The molecule has 1 aromatic carbocycles. The summed E-state index contributed by atoms with van der Waals surface area (Å²) < 4.78 is 1.52. The minimum atomic E-state index is -0.401. The minimum Gasteiger partial charge on any atom is -0.345 e. The molecule has 0 bridgehead atoms. The molecule has 6 heteroatoms. The standard InChI is InChI=1S/C17H17N3O2S/c1-3-13-10-23-17-18-9-14(16(22)20(13)17)15(21)19-11(2)12-7-5-4-6-8-12/h4-11H,3H2,1-2H3,(H,19,21). The van der Waals surface area contributed by atoms with E-state index in [0.717, 1.165) is 11.3 Å². The summed E-state index contributed by atoms with van der Waals surface area (Å²) in [6.07, 6.45) is 2.08. The van der Waals surface area contributed by atoms with E-state index in [-0.39, 0.29) is 17.2 Å². The summed E-state index contributed by atoms with van der Waals surface area (Å²) in [5.74, 6) is -0.401. The average molecular weight is 327 g/mol. The van der Waals surface area contributed by atoms with Crippen molar-refractivity contribution in [3.8, 4) is 0 Å². The number of fused-ring (bicyclic) bond motifs is 1. The summed E-state index contributed by atoms with van der Waals surface area (Å²) in [7, 11) is 0. The Morgan fingerprint density at radius 3 is 2.78 bits per heavy atom. The van der Waals surface area contributed by atoms with Crippen LogP contribution in [0.25, 0.3) is 4.96 Å². The second kappa shape index (κ2) is 6.34. The van der Waals surface area contributed by atoms with Crippen LogP contribution in [0, 0.1) is 0 Å². The van der Waals surface area contributed by atoms with Crippen LogP contribution >= 0.6 is 11.3 Å². The molecular formula is C17H17N3O2S. The third-order valence-corrected chi connectivity index (χ3v) is 4.66. The highest BCUT2D eigenvalue weighted by molar-refractivity contribution is 7.15. The summed E-state index contributed by atoms with van der Waals surface area (Å²) in [6, 6.07) is 9.45. The normalized spacial score (nSPS) is 12.3. The predicted octanol–water partition coefficient (Wildman–Crippen LogP) is 2.81. The molecule has 1 unspecified atom stereocenters. The summed E-state index contributed by atoms with van der Waals surface area (Å²) >= 11 is 1.40. The van der Waals surface area contributed by atoms with Gasteiger partial charge in [0.2, 0.25) is 0 Å². The lowest BCUT2D eigenvalue weighted by molar-refractivity contribution is 0.0938. The molecule has 5 nitrogen and oxygen atoms in total. The number of thiazole rings is 1. The first-order chi connectivity index (χ1) is 11.1. The number of aryl methyl sites for hydroxylation is 1. The quantitative estimate of drug-likeness (QED) is 0.801. The van der Waals surface area contributed by atoms with Crippen LogP contribution in [0.4, 0.5) is 0 Å². The number of rotatable bonds is 4. The fourth-order valence-corrected chi connectivity index (χ4v) is 3.38. The Hall–Kier alpha value is -2.47. The molecule has 0 spiro atoms. The van der Waals surface area contributed by atoms with Crippen LogP contribution in [0.15, 0.2) is 46.7 Å². The Kier molecular flexibility index (Phi) is 4.25. The molecule has 1 N–H and O–H groups in total. The maximum atomic E-state index is 12.6. The maximum Gasteiger partial charge on any atom is 0.271 e. The van der Waals surface area contributed by atoms with Gasteiger partial charge in [0, 0.05) is 17.3 Å². The van der Waals surface area contributed by atoms with Crippen molar-refractivity contribution in [2.24, 2.45) is 0 Å². The van der Waals surface area contributed by atoms with Crippen LogP contribution in [0.3, 0.4) is 0 Å². The van der Waals surface area contributed by atoms with Crippen molar-refractivity contribution in [3.05, 3.63) is 69.1 Å². The number of nitrogens with one attached hydrogen (secondary N) is 1. The van der Waals surface area contributed by atoms with E-state index in [4.69, 9.17) is 0 Å². The zero-order valence-electron chi connectivity index (χ0n) is 12.9. The van der Waals surface area contributed by atoms with Crippen LogP contribution in [-0.2, 0) is 6.42 Å². The first kappa shape index (κ1) is 15.4. The Balaban J connectivity index is 1.92. The van der Waals surface area contributed by atoms with Gasteiger partial charge >= 0.3 is 0 Å². The Morgan fingerprint density at radius 2 is 2.09 bits per heavy atom. The molecule has 0 saturated heterocycles. The Morgan fingerprint density at radius 1 is 1.35 bits per heavy atom. The van der Waals surface area contributed by atoms with Crippen molar-refractivity contribution in [2.75, 3.05) is 0 Å². The number of carbonyl (C=O) groups excluding carboxylic acids is 1. The van der Waals surface area contributed by atoms with Gasteiger partial charge in [-0.25, -0.2) is 4.98 Å². The lowest BCUT2D eigenvalue weighted by Gasteiger charge is -2.14. The third-order valence-electron chi connectivity index (χ3n) is 3.77. The van der Waals surface area contributed by atoms with Crippen molar-refractivity contribution in [1.29, 1.82) is 0 Å². The SMILES string of the molecule is CCc1csc2ncc(C(=O)NC(C)c3ccccc3)c(=O)n12. The Bertz CT molecular complexity index is 899. The summed E-state index contributed by atoms with van der Waals surface area (Å²) in [4.78, 5) is 29.9. The summed E-state index contributed by atoms with van der Waals surface area (Å²) in [5, 5.41) is 4.76. The molecule has 0 aliphatic carbocycles. The first-order valence-corrected chi connectivity index (χ1v) is 8.33. The van der Waals surface area contributed by atoms with Gasteiger partial charge in [0.05, 0.1) is 6.04 Å². The number of hydrogen-bond acceptors (Lipinski definition) is 4. The second-order valence-corrected chi connectivity index (χ2v) is 6.12. The van der Waals surface area contributed by atoms with E-state index in [1.807, 2.05) is 49.6 Å². The zero-order valence-corrected chi connectivity index (χ0v) is 13.8. The number of amides is 1. The Labute approximate surface area is 137 Å². The van der Waals surface area contributed by atoms with Crippen molar-refractivity contribution in [3.63, 3.8) is 0 Å². The molecule has 0 aliphatic heterocycles. The van der Waals surface area contributed by atoms with Gasteiger partial charge in [-0.15, -0.1) is 11.3 Å². The van der Waals surface area contributed by atoms with Crippen molar-refractivity contribution in [1.82, 2.24) is 14.7 Å². The molecule has 118 valence electrons. The van der Waals surface area contributed by atoms with E-state index < -0.39 is 5.91 Å². The number of hydrogen-bond donors (Lipinski definition) is 1. The molecular weight excluding hydrogens is 310 g/mol. The van der Waals surface area contributed by atoms with E-state index in [9.17, 15) is 9.59 Å². The van der Waals surface area contributed by atoms with Crippen LogP contribution in [0.5, 0.6) is 0 Å². The molecule has 3 aromatic rings. The monoisotopic (exact) mass is 327 g/mol. The van der Waals surface area contributed by atoms with Gasteiger partial charge in [-0.2, -0.15) is 0 Å². The van der Waals surface area contributed by atoms with Gasteiger partial charge in [0.15, 0.2) is 4.96 Å². The van der Waals surface area contributed by atoms with Gasteiger partial charge in [0.25, 0.3) is 11.5 Å². The zero-order chi connectivity index (χ0) is 16.4. The molecule has 1 amide bonds. The molecule has 2 aromatic heterocycles. The fraction of sp³-hybridized carbons (Fsp3) is 0.235. The highest BCUT2D eigenvalue weighted by Gasteiger charge is 2.17. The fourth-order valence-electron chi connectivity index (χ4n) is 2.45. The first-order valence-electron chi connectivity index (χ1n) is 7.45. The number of aromatic nitrogens is 2. The lowest BCUT2D eigenvalue weighted by atomic mass is 10.1. The van der Waals surface area contributed by atoms with Gasteiger partial charge in [-0.3, -0.25) is 14.0 Å². The van der Waals surface area contributed by atoms with Gasteiger partial charge in [0.1, 0.15) is 5.56 Å². The van der Waals surface area contributed by atoms with E-state index in [2.05, 4.69) is 10.3 Å². The molecule has 2 heterocycles. The predicted molar refractivity (Wildman–Crippen MR) is 91.0 cm³/mol. The topological polar surface area (TPSA) is 63.5 Å². The van der Waals surface area contributed by atoms with E-state index in [1.54, 1.807) is 0 Å². The molecule has 0 aliphatic rings. The van der Waals surface area contributed by atoms with Crippen LogP contribution in [0.1, 0.15) is 41.5 Å². The maximum absolute atomic E-state index is 12.6. The van der Waals surface area contributed by atoms with Crippen molar-refractivity contribution >= 4 is 22.2 Å². The number of nitrogens with zero attached hydrogens (tertiary/aromatic N) is 2. The largest absolute Gasteiger partial charge is 0.345 e. The number of carbonyl (C=O) groups is 1. The van der Waals surface area contributed by atoms with Crippen molar-refractivity contribution < 1.29 is 4.79 Å². The van der Waals surface area contributed by atoms with E-state index >= 15 is 0 Å². The summed E-state index contributed by atoms with van der Waals surface area (Å²) in [6.45, 7) is 3.86. The molecule has 0 radical (unpaired) electrons. The highest BCUT2D eigenvalue weighted by Crippen LogP contribution is 2.14. The van der Waals surface area contributed by atoms with E-state index in [0.29, 0.717) is 11.4 Å². The van der Waals surface area contributed by atoms with Gasteiger partial charge < -0.3 is 5.32 Å². The second-order valence-electron chi connectivity index (χ2n) is 5.28. The van der Waals surface area contributed by atoms with E-state index in [1.165, 1.54) is 21.9 Å².